The number of furan rings is 1. The number of hydrogen-bond acceptors (Lipinski definition) is 6. The van der Waals surface area contributed by atoms with E-state index >= 15 is 0 Å². The van der Waals surface area contributed by atoms with E-state index in [0.29, 0.717) is 23.9 Å². The molecule has 1 heterocycles. The lowest BCUT2D eigenvalue weighted by molar-refractivity contribution is -0.150. The van der Waals surface area contributed by atoms with Gasteiger partial charge in [0.2, 0.25) is 0 Å². The summed E-state index contributed by atoms with van der Waals surface area (Å²) in [6.45, 7) is 3.41. The molecule has 1 atom stereocenters. The highest BCUT2D eigenvalue weighted by atomic mass is 16.6. The van der Waals surface area contributed by atoms with Crippen LogP contribution < -0.4 is 14.8 Å². The predicted octanol–water partition coefficient (Wildman–Crippen LogP) is 3.63. The molecule has 1 aromatic heterocycles. The van der Waals surface area contributed by atoms with Crippen molar-refractivity contribution >= 4 is 22.8 Å². The van der Waals surface area contributed by atoms with Gasteiger partial charge in [-0.25, -0.2) is 4.79 Å². The molecule has 0 aliphatic heterocycles. The summed E-state index contributed by atoms with van der Waals surface area (Å²) >= 11 is 0. The molecule has 1 amide bonds. The minimum absolute atomic E-state index is 0.323. The standard InChI is InChI=1S/C22H23NO6/c1-3-26-18-10-6-7-11-19(18)27-14-22(25)28-13-21(24)23-15(2)20-12-16-8-4-5-9-17(16)29-20/h4-12,15H,3,13-14H2,1-2H3,(H,23,24)/t15-/m1/s1. The van der Waals surface area contributed by atoms with Gasteiger partial charge in [0.15, 0.2) is 24.7 Å². The van der Waals surface area contributed by atoms with Crippen LogP contribution in [0.15, 0.2) is 59.0 Å². The minimum atomic E-state index is -0.650. The van der Waals surface area contributed by atoms with Crippen LogP contribution in [0.4, 0.5) is 0 Å². The number of esters is 1. The zero-order valence-electron chi connectivity index (χ0n) is 16.3. The first kappa shape index (κ1) is 20.3. The summed E-state index contributed by atoms with van der Waals surface area (Å²) in [6, 6.07) is 16.1. The smallest absolute Gasteiger partial charge is 0.344 e. The fourth-order valence-electron chi connectivity index (χ4n) is 2.74. The summed E-state index contributed by atoms with van der Waals surface area (Å²) < 4.78 is 21.5. The monoisotopic (exact) mass is 397 g/mol. The third-order valence-corrected chi connectivity index (χ3v) is 4.11. The van der Waals surface area contributed by atoms with E-state index in [-0.39, 0.29) is 12.6 Å². The van der Waals surface area contributed by atoms with Crippen molar-refractivity contribution < 1.29 is 28.2 Å². The maximum atomic E-state index is 12.1. The van der Waals surface area contributed by atoms with Crippen molar-refractivity contribution in [1.29, 1.82) is 0 Å². The largest absolute Gasteiger partial charge is 0.490 e. The zero-order valence-corrected chi connectivity index (χ0v) is 16.3. The average molecular weight is 397 g/mol. The molecular formula is C22H23NO6. The molecular weight excluding hydrogens is 374 g/mol. The number of para-hydroxylation sites is 3. The highest BCUT2D eigenvalue weighted by Crippen LogP contribution is 2.26. The van der Waals surface area contributed by atoms with Crippen molar-refractivity contribution in [2.75, 3.05) is 19.8 Å². The van der Waals surface area contributed by atoms with E-state index in [4.69, 9.17) is 18.6 Å². The Hall–Kier alpha value is -3.48. The van der Waals surface area contributed by atoms with Gasteiger partial charge in [0.25, 0.3) is 5.91 Å². The molecule has 0 bridgehead atoms. The van der Waals surface area contributed by atoms with Gasteiger partial charge in [-0.15, -0.1) is 0 Å². The van der Waals surface area contributed by atoms with Crippen molar-refractivity contribution in [3.8, 4) is 11.5 Å². The topological polar surface area (TPSA) is 87.0 Å². The second kappa shape index (κ2) is 9.64. The zero-order chi connectivity index (χ0) is 20.6. The van der Waals surface area contributed by atoms with Gasteiger partial charge in [-0.3, -0.25) is 4.79 Å². The Bertz CT molecular complexity index is 947. The lowest BCUT2D eigenvalue weighted by Gasteiger charge is -2.13. The van der Waals surface area contributed by atoms with Crippen LogP contribution in [0.1, 0.15) is 25.6 Å². The summed E-state index contributed by atoms with van der Waals surface area (Å²) in [7, 11) is 0. The van der Waals surface area contributed by atoms with Crippen LogP contribution in [-0.2, 0) is 14.3 Å². The molecule has 152 valence electrons. The number of carbonyl (C=O) groups excluding carboxylic acids is 2. The van der Waals surface area contributed by atoms with Gasteiger partial charge in [-0.2, -0.15) is 0 Å². The van der Waals surface area contributed by atoms with Gasteiger partial charge in [0.05, 0.1) is 12.6 Å². The number of carbonyl (C=O) groups is 2. The summed E-state index contributed by atoms with van der Waals surface area (Å²) in [4.78, 5) is 23.9. The van der Waals surface area contributed by atoms with Crippen molar-refractivity contribution in [1.82, 2.24) is 5.32 Å². The maximum absolute atomic E-state index is 12.1. The molecule has 7 nitrogen and oxygen atoms in total. The number of fused-ring (bicyclic) bond motifs is 1. The van der Waals surface area contributed by atoms with Crippen LogP contribution in [0.3, 0.4) is 0 Å². The summed E-state index contributed by atoms with van der Waals surface area (Å²) in [5, 5.41) is 3.70. The fourth-order valence-corrected chi connectivity index (χ4v) is 2.74. The molecule has 2 aromatic carbocycles. The van der Waals surface area contributed by atoms with Gasteiger partial charge < -0.3 is 23.9 Å². The molecule has 3 aromatic rings. The van der Waals surface area contributed by atoms with E-state index in [1.54, 1.807) is 25.1 Å². The average Bonchev–Trinajstić information content (AvgIpc) is 3.16. The van der Waals surface area contributed by atoms with Crippen molar-refractivity contribution in [3.63, 3.8) is 0 Å². The van der Waals surface area contributed by atoms with Crippen LogP contribution in [-0.4, -0.2) is 31.7 Å². The van der Waals surface area contributed by atoms with Crippen LogP contribution in [0.2, 0.25) is 0 Å². The Balaban J connectivity index is 1.44. The first-order valence-electron chi connectivity index (χ1n) is 9.35. The molecule has 3 rings (SSSR count). The maximum Gasteiger partial charge on any atom is 0.344 e. The van der Waals surface area contributed by atoms with Gasteiger partial charge >= 0.3 is 5.97 Å². The number of ether oxygens (including phenoxy) is 3. The number of hydrogen-bond donors (Lipinski definition) is 1. The molecule has 0 fully saturated rings. The first-order valence-corrected chi connectivity index (χ1v) is 9.35. The van der Waals surface area contributed by atoms with Crippen molar-refractivity contribution in [2.45, 2.75) is 19.9 Å². The highest BCUT2D eigenvalue weighted by molar-refractivity contribution is 5.82. The summed E-state index contributed by atoms with van der Waals surface area (Å²) in [6.07, 6.45) is 0. The molecule has 0 unspecified atom stereocenters. The third-order valence-electron chi connectivity index (χ3n) is 4.11. The predicted molar refractivity (Wildman–Crippen MR) is 107 cm³/mol. The van der Waals surface area contributed by atoms with Gasteiger partial charge in [-0.05, 0) is 38.1 Å². The number of benzene rings is 2. The molecule has 29 heavy (non-hydrogen) atoms. The Kier molecular flexibility index (Phi) is 6.73. The minimum Gasteiger partial charge on any atom is -0.490 e. The molecule has 0 saturated carbocycles. The van der Waals surface area contributed by atoms with Crippen LogP contribution in [0.5, 0.6) is 11.5 Å². The summed E-state index contributed by atoms with van der Waals surface area (Å²) in [5.74, 6) is 0.528. The van der Waals surface area contributed by atoms with E-state index < -0.39 is 18.5 Å². The second-order valence-electron chi connectivity index (χ2n) is 6.30. The third kappa shape index (κ3) is 5.51. The number of amides is 1. The second-order valence-corrected chi connectivity index (χ2v) is 6.30. The Morgan fingerprint density at radius 2 is 1.69 bits per heavy atom. The molecule has 1 N–H and O–H groups in total. The van der Waals surface area contributed by atoms with Gasteiger partial charge in [0, 0.05) is 5.39 Å². The van der Waals surface area contributed by atoms with Crippen molar-refractivity contribution in [2.24, 2.45) is 0 Å². The van der Waals surface area contributed by atoms with E-state index in [0.717, 1.165) is 11.0 Å². The molecule has 0 aliphatic rings. The Labute approximate surface area is 168 Å². The van der Waals surface area contributed by atoms with E-state index in [1.807, 2.05) is 43.3 Å². The molecule has 0 aliphatic carbocycles. The van der Waals surface area contributed by atoms with Crippen LogP contribution in [0.25, 0.3) is 11.0 Å². The van der Waals surface area contributed by atoms with Gasteiger partial charge in [0.1, 0.15) is 11.3 Å². The molecule has 0 spiro atoms. The highest BCUT2D eigenvalue weighted by Gasteiger charge is 2.16. The van der Waals surface area contributed by atoms with E-state index in [2.05, 4.69) is 5.32 Å². The molecule has 0 radical (unpaired) electrons. The van der Waals surface area contributed by atoms with E-state index in [9.17, 15) is 9.59 Å². The van der Waals surface area contributed by atoms with Gasteiger partial charge in [-0.1, -0.05) is 30.3 Å². The fraction of sp³-hybridized carbons (Fsp3) is 0.273. The lowest BCUT2D eigenvalue weighted by Crippen LogP contribution is -2.31. The Morgan fingerprint density at radius 1 is 1.00 bits per heavy atom. The normalized spacial score (nSPS) is 11.7. The lowest BCUT2D eigenvalue weighted by atomic mass is 10.2. The molecule has 0 saturated heterocycles. The Morgan fingerprint density at radius 3 is 2.41 bits per heavy atom. The quantitative estimate of drug-likeness (QED) is 0.555. The molecule has 7 heteroatoms. The number of rotatable bonds is 9. The van der Waals surface area contributed by atoms with Crippen LogP contribution in [0, 0.1) is 0 Å². The first-order chi connectivity index (χ1) is 14.1. The SMILES string of the molecule is CCOc1ccccc1OCC(=O)OCC(=O)N[C@H](C)c1cc2ccccc2o1. The summed E-state index contributed by atoms with van der Waals surface area (Å²) in [5.41, 5.74) is 0.750. The number of nitrogens with one attached hydrogen (secondary N) is 1. The van der Waals surface area contributed by atoms with Crippen molar-refractivity contribution in [3.05, 3.63) is 60.4 Å². The van der Waals surface area contributed by atoms with E-state index in [1.165, 1.54) is 0 Å². The van der Waals surface area contributed by atoms with Crippen LogP contribution >= 0.6 is 0 Å².